The summed E-state index contributed by atoms with van der Waals surface area (Å²) >= 11 is 0. The molecule has 1 heterocycles. The highest BCUT2D eigenvalue weighted by atomic mass is 16.2. The number of anilines is 1. The lowest BCUT2D eigenvalue weighted by molar-refractivity contribution is -0.892. The van der Waals surface area contributed by atoms with Crippen LogP contribution in [0.2, 0.25) is 0 Å². The molecule has 0 unspecified atom stereocenters. The van der Waals surface area contributed by atoms with Crippen LogP contribution in [-0.4, -0.2) is 38.6 Å². The molecule has 4 nitrogen and oxygen atoms in total. The van der Waals surface area contributed by atoms with Crippen molar-refractivity contribution in [1.82, 2.24) is 5.32 Å². The second-order valence-electron chi connectivity index (χ2n) is 8.07. The van der Waals surface area contributed by atoms with Gasteiger partial charge in [-0.3, -0.25) is 4.79 Å². The van der Waals surface area contributed by atoms with Gasteiger partial charge in [-0.25, -0.2) is 0 Å². The minimum atomic E-state index is 0.101. The van der Waals surface area contributed by atoms with E-state index in [1.165, 1.54) is 32.8 Å². The van der Waals surface area contributed by atoms with Gasteiger partial charge in [0.25, 0.3) is 5.91 Å². The molecule has 2 aromatic rings. The molecule has 4 heteroatoms. The molecule has 2 N–H and O–H groups in total. The van der Waals surface area contributed by atoms with Gasteiger partial charge in [0.05, 0.1) is 32.2 Å². The molecule has 0 saturated carbocycles. The van der Waals surface area contributed by atoms with Gasteiger partial charge < -0.3 is 15.1 Å². The molecule has 1 amide bonds. The van der Waals surface area contributed by atoms with Gasteiger partial charge in [-0.1, -0.05) is 48.9 Å². The molecular formula is C24H34N3O+. The number of quaternary nitrogens is 1. The van der Waals surface area contributed by atoms with Crippen LogP contribution in [-0.2, 0) is 4.79 Å². The average Bonchev–Trinajstić information content (AvgIpc) is 2.70. The van der Waals surface area contributed by atoms with E-state index in [1.54, 1.807) is 0 Å². The van der Waals surface area contributed by atoms with Crippen LogP contribution in [0.5, 0.6) is 0 Å². The van der Waals surface area contributed by atoms with Gasteiger partial charge in [0.1, 0.15) is 0 Å². The lowest BCUT2D eigenvalue weighted by atomic mass is 10.0. The molecular weight excluding hydrogens is 346 g/mol. The Hall–Kier alpha value is -2.33. The largest absolute Gasteiger partial charge is 0.360 e. The summed E-state index contributed by atoms with van der Waals surface area (Å²) in [5.74, 6) is 0.155. The molecule has 28 heavy (non-hydrogen) atoms. The zero-order valence-corrected chi connectivity index (χ0v) is 17.7. The number of rotatable bonds is 6. The van der Waals surface area contributed by atoms with E-state index >= 15 is 0 Å². The van der Waals surface area contributed by atoms with E-state index in [-0.39, 0.29) is 11.9 Å². The molecule has 0 aromatic heterocycles. The van der Waals surface area contributed by atoms with E-state index in [0.717, 1.165) is 32.6 Å². The summed E-state index contributed by atoms with van der Waals surface area (Å²) in [5.41, 5.74) is 6.49. The van der Waals surface area contributed by atoms with E-state index in [9.17, 15) is 4.79 Å². The van der Waals surface area contributed by atoms with Crippen molar-refractivity contribution < 1.29 is 9.69 Å². The zero-order valence-electron chi connectivity index (χ0n) is 17.7. The number of piperazine rings is 1. The van der Waals surface area contributed by atoms with Crippen molar-refractivity contribution in [1.29, 1.82) is 0 Å². The van der Waals surface area contributed by atoms with Crippen LogP contribution in [0.25, 0.3) is 0 Å². The Bertz CT molecular complexity index is 792. The highest BCUT2D eigenvalue weighted by molar-refractivity contribution is 5.77. The second-order valence-corrected chi connectivity index (χ2v) is 8.07. The van der Waals surface area contributed by atoms with Crippen molar-refractivity contribution in [2.24, 2.45) is 0 Å². The summed E-state index contributed by atoms with van der Waals surface area (Å²) < 4.78 is 0. The van der Waals surface area contributed by atoms with Crippen LogP contribution in [0.1, 0.15) is 41.6 Å². The first kappa shape index (κ1) is 20.4. The van der Waals surface area contributed by atoms with Gasteiger partial charge in [-0.2, -0.15) is 0 Å². The molecule has 1 aliphatic rings. The third-order valence-electron chi connectivity index (χ3n) is 6.02. The van der Waals surface area contributed by atoms with Crippen molar-refractivity contribution in [3.8, 4) is 0 Å². The third kappa shape index (κ3) is 4.93. The second kappa shape index (κ2) is 9.24. The summed E-state index contributed by atoms with van der Waals surface area (Å²) in [5, 5.41) is 3.24. The fourth-order valence-electron chi connectivity index (χ4n) is 4.01. The van der Waals surface area contributed by atoms with Gasteiger partial charge in [0.2, 0.25) is 0 Å². The molecule has 1 atom stereocenters. The monoisotopic (exact) mass is 380 g/mol. The average molecular weight is 381 g/mol. The Labute approximate surface area is 169 Å². The fraction of sp³-hybridized carbons (Fsp3) is 0.458. The maximum Gasteiger partial charge on any atom is 0.275 e. The number of amides is 1. The fourth-order valence-corrected chi connectivity index (χ4v) is 4.01. The summed E-state index contributed by atoms with van der Waals surface area (Å²) in [6.07, 6.45) is 0.907. The van der Waals surface area contributed by atoms with E-state index in [1.807, 2.05) is 0 Å². The highest BCUT2D eigenvalue weighted by Crippen LogP contribution is 2.22. The Morgan fingerprint density at radius 3 is 2.39 bits per heavy atom. The Kier molecular flexibility index (Phi) is 6.74. The van der Waals surface area contributed by atoms with E-state index in [2.05, 4.69) is 80.4 Å². The molecule has 1 aliphatic heterocycles. The molecule has 1 saturated heterocycles. The van der Waals surface area contributed by atoms with Gasteiger partial charge in [0, 0.05) is 5.69 Å². The van der Waals surface area contributed by atoms with Crippen molar-refractivity contribution >= 4 is 11.6 Å². The number of benzene rings is 2. The van der Waals surface area contributed by atoms with Crippen LogP contribution >= 0.6 is 0 Å². The third-order valence-corrected chi connectivity index (χ3v) is 6.02. The van der Waals surface area contributed by atoms with Crippen molar-refractivity contribution in [3.05, 3.63) is 64.7 Å². The summed E-state index contributed by atoms with van der Waals surface area (Å²) in [7, 11) is 0. The summed E-state index contributed by atoms with van der Waals surface area (Å²) in [4.78, 5) is 16.5. The zero-order chi connectivity index (χ0) is 20.1. The molecule has 2 aromatic carbocycles. The molecule has 0 spiro atoms. The van der Waals surface area contributed by atoms with Crippen molar-refractivity contribution in [3.63, 3.8) is 0 Å². The smallest absolute Gasteiger partial charge is 0.275 e. The van der Waals surface area contributed by atoms with Crippen LogP contribution in [0.3, 0.4) is 0 Å². The minimum absolute atomic E-state index is 0.101. The first-order valence-electron chi connectivity index (χ1n) is 10.5. The van der Waals surface area contributed by atoms with E-state index < -0.39 is 0 Å². The predicted octanol–water partition coefficient (Wildman–Crippen LogP) is 2.58. The van der Waals surface area contributed by atoms with E-state index in [4.69, 9.17) is 0 Å². The number of nitrogens with one attached hydrogen (secondary N) is 2. The van der Waals surface area contributed by atoms with Crippen LogP contribution in [0.4, 0.5) is 5.69 Å². The number of hydrogen-bond donors (Lipinski definition) is 2. The molecule has 3 rings (SSSR count). The predicted molar refractivity (Wildman–Crippen MR) is 116 cm³/mol. The van der Waals surface area contributed by atoms with Gasteiger partial charge in [-0.15, -0.1) is 0 Å². The summed E-state index contributed by atoms with van der Waals surface area (Å²) in [6, 6.07) is 15.1. The maximum atomic E-state index is 12.6. The highest BCUT2D eigenvalue weighted by Gasteiger charge is 2.24. The van der Waals surface area contributed by atoms with E-state index in [0.29, 0.717) is 6.54 Å². The molecule has 0 radical (unpaired) electrons. The number of nitrogens with zero attached hydrogens (tertiary/aromatic N) is 1. The number of carbonyl (C=O) groups is 1. The standard InChI is InChI=1S/C24H33N3O/c1-5-22(21-11-9-18(2)10-12-21)25-24(28)17-26-13-15-27(16-14-26)23-8-6-7-19(3)20(23)4/h6-12,22H,5,13-17H2,1-4H3,(H,25,28)/p+1/t22-/m0/s1. The number of carbonyl (C=O) groups excluding carboxylic acids is 1. The normalized spacial score (nSPS) is 16.1. The number of hydrogen-bond acceptors (Lipinski definition) is 2. The molecule has 150 valence electrons. The van der Waals surface area contributed by atoms with Crippen LogP contribution in [0.15, 0.2) is 42.5 Å². The molecule has 0 bridgehead atoms. The Morgan fingerprint density at radius 2 is 1.75 bits per heavy atom. The SMILES string of the molecule is CC[C@H](NC(=O)C[NH+]1CCN(c2cccc(C)c2C)CC1)c1ccc(C)cc1. The van der Waals surface area contributed by atoms with Gasteiger partial charge in [0.15, 0.2) is 6.54 Å². The Morgan fingerprint density at radius 1 is 1.07 bits per heavy atom. The van der Waals surface area contributed by atoms with Gasteiger partial charge in [-0.05, 0) is 49.9 Å². The van der Waals surface area contributed by atoms with Crippen LogP contribution in [0, 0.1) is 20.8 Å². The first-order chi connectivity index (χ1) is 13.5. The van der Waals surface area contributed by atoms with Gasteiger partial charge >= 0.3 is 0 Å². The van der Waals surface area contributed by atoms with Crippen molar-refractivity contribution in [2.75, 3.05) is 37.6 Å². The molecule has 0 aliphatic carbocycles. The molecule has 1 fully saturated rings. The van der Waals surface area contributed by atoms with Crippen molar-refractivity contribution in [2.45, 2.75) is 40.2 Å². The summed E-state index contributed by atoms with van der Waals surface area (Å²) in [6.45, 7) is 13.2. The quantitative estimate of drug-likeness (QED) is 0.808. The Balaban J connectivity index is 1.52. The lowest BCUT2D eigenvalue weighted by Gasteiger charge is -2.34. The van der Waals surface area contributed by atoms with Crippen LogP contribution < -0.4 is 15.1 Å². The lowest BCUT2D eigenvalue weighted by Crippen LogP contribution is -3.16. The number of aryl methyl sites for hydroxylation is 2. The topological polar surface area (TPSA) is 36.8 Å². The maximum absolute atomic E-state index is 12.6. The first-order valence-corrected chi connectivity index (χ1v) is 10.5. The minimum Gasteiger partial charge on any atom is -0.360 e.